The third-order valence-electron chi connectivity index (χ3n) is 3.57. The molecule has 1 atom stereocenters. The first-order valence-electron chi connectivity index (χ1n) is 7.84. The summed E-state index contributed by atoms with van der Waals surface area (Å²) >= 11 is 2.44. The van der Waals surface area contributed by atoms with E-state index < -0.39 is 7.92 Å². The molecule has 0 N–H and O–H groups in total. The average Bonchev–Trinajstić information content (AvgIpc) is 3.34. The van der Waals surface area contributed by atoms with E-state index in [9.17, 15) is 0 Å². The van der Waals surface area contributed by atoms with Crippen molar-refractivity contribution in [2.75, 3.05) is 0 Å². The van der Waals surface area contributed by atoms with Gasteiger partial charge in [-0.2, -0.15) is 0 Å². The Labute approximate surface area is 187 Å². The van der Waals surface area contributed by atoms with Gasteiger partial charge in [-0.05, 0) is 105 Å². The molecule has 26 heavy (non-hydrogen) atoms. The van der Waals surface area contributed by atoms with E-state index in [-0.39, 0.29) is 25.5 Å². The van der Waals surface area contributed by atoms with Crippen LogP contribution in [0.25, 0.3) is 0 Å². The van der Waals surface area contributed by atoms with E-state index in [1.165, 1.54) is 19.8 Å². The predicted molar refractivity (Wildman–Crippen MR) is 119 cm³/mol. The Balaban J connectivity index is 0.000000421. The van der Waals surface area contributed by atoms with Crippen LogP contribution in [0.1, 0.15) is 0 Å². The summed E-state index contributed by atoms with van der Waals surface area (Å²) in [5.41, 5.74) is 1.42. The molecule has 4 rings (SSSR count). The second-order valence-electron chi connectivity index (χ2n) is 5.23. The Kier molecular flexibility index (Phi) is 12.5. The van der Waals surface area contributed by atoms with E-state index in [0.29, 0.717) is 0 Å². The molecular formula is C22H18BFeIP+2. The fraction of sp³-hybridized carbons (Fsp3) is 0. The molecule has 2 saturated carbocycles. The smallest absolute Gasteiger partial charge is 0.0622 e. The summed E-state index contributed by atoms with van der Waals surface area (Å²) < 4.78 is 1.34. The van der Waals surface area contributed by atoms with Crippen molar-refractivity contribution in [3.05, 3.63) is 122 Å². The summed E-state index contributed by atoms with van der Waals surface area (Å²) in [7, 11) is -0.437. The summed E-state index contributed by atoms with van der Waals surface area (Å²) in [4.78, 5) is 0. The molecule has 0 unspecified atom stereocenters. The van der Waals surface area contributed by atoms with Crippen molar-refractivity contribution >= 4 is 49.5 Å². The number of rotatable bonds is 3. The van der Waals surface area contributed by atoms with E-state index in [0.717, 1.165) is 0 Å². The SMILES string of the molecule is Ic1ccccc1[P@@]([C]1[CH][CH][CH][CH]1)c1ccccc1.[B].[CH]1[CH][CH][CH][CH]1.[Fe+2]. The van der Waals surface area contributed by atoms with E-state index in [1.54, 1.807) is 0 Å². The van der Waals surface area contributed by atoms with Crippen molar-refractivity contribution in [3.8, 4) is 0 Å². The molecule has 0 aliphatic heterocycles. The van der Waals surface area contributed by atoms with Crippen molar-refractivity contribution in [3.63, 3.8) is 0 Å². The summed E-state index contributed by atoms with van der Waals surface area (Å²) in [6.07, 6.45) is 18.7. The van der Waals surface area contributed by atoms with Gasteiger partial charge < -0.3 is 0 Å². The van der Waals surface area contributed by atoms with Crippen molar-refractivity contribution in [2.24, 2.45) is 0 Å². The first-order chi connectivity index (χ1) is 11.9. The minimum absolute atomic E-state index is 0. The quantitative estimate of drug-likeness (QED) is 0.321. The van der Waals surface area contributed by atoms with E-state index in [4.69, 9.17) is 0 Å². The first kappa shape index (κ1) is 24.2. The van der Waals surface area contributed by atoms with E-state index >= 15 is 0 Å². The summed E-state index contributed by atoms with van der Waals surface area (Å²) in [6.45, 7) is 0. The Morgan fingerprint density at radius 2 is 1.12 bits per heavy atom. The minimum atomic E-state index is -0.437. The summed E-state index contributed by atoms with van der Waals surface area (Å²) in [5.74, 6) is 0. The molecule has 2 aliphatic rings. The third kappa shape index (κ3) is 6.97. The zero-order valence-electron chi connectivity index (χ0n) is 14.1. The molecule has 2 aromatic carbocycles. The van der Waals surface area contributed by atoms with Crippen LogP contribution in [0, 0.1) is 67.0 Å². The fourth-order valence-corrected chi connectivity index (χ4v) is 5.90. The van der Waals surface area contributed by atoms with Crippen LogP contribution in [-0.4, -0.2) is 8.41 Å². The van der Waals surface area contributed by atoms with Gasteiger partial charge in [0.2, 0.25) is 0 Å². The van der Waals surface area contributed by atoms with Crippen LogP contribution < -0.4 is 10.6 Å². The zero-order chi connectivity index (χ0) is 16.6. The van der Waals surface area contributed by atoms with E-state index in [1.807, 2.05) is 32.1 Å². The van der Waals surface area contributed by atoms with Gasteiger partial charge in [0.25, 0.3) is 0 Å². The largest absolute Gasteiger partial charge is 2.00 e. The van der Waals surface area contributed by atoms with Crippen LogP contribution in [-0.2, 0) is 17.1 Å². The van der Waals surface area contributed by atoms with Crippen molar-refractivity contribution in [1.82, 2.24) is 0 Å². The van der Waals surface area contributed by atoms with Gasteiger partial charge in [0.05, 0.1) is 0 Å². The van der Waals surface area contributed by atoms with Crippen LogP contribution in [0.15, 0.2) is 54.6 Å². The van der Waals surface area contributed by atoms with Gasteiger partial charge in [0.15, 0.2) is 0 Å². The molecule has 2 aromatic rings. The first-order valence-corrected chi connectivity index (χ1v) is 10.3. The number of hydrogen-bond donors (Lipinski definition) is 0. The van der Waals surface area contributed by atoms with Gasteiger partial charge in [-0.3, -0.25) is 0 Å². The van der Waals surface area contributed by atoms with E-state index in [2.05, 4.69) is 103 Å². The molecule has 0 saturated heterocycles. The van der Waals surface area contributed by atoms with Crippen LogP contribution in [0.2, 0.25) is 0 Å². The second-order valence-corrected chi connectivity index (χ2v) is 8.58. The van der Waals surface area contributed by atoms with Gasteiger partial charge in [-0.15, -0.1) is 0 Å². The monoisotopic (exact) mass is 507 g/mol. The van der Waals surface area contributed by atoms with Gasteiger partial charge in [0.1, 0.15) is 0 Å². The molecule has 4 heteroatoms. The Morgan fingerprint density at radius 3 is 1.65 bits per heavy atom. The fourth-order valence-electron chi connectivity index (χ4n) is 2.47. The maximum Gasteiger partial charge on any atom is 2.00 e. The van der Waals surface area contributed by atoms with Gasteiger partial charge in [-0.25, -0.2) is 0 Å². The molecule has 0 aromatic heterocycles. The normalized spacial score (nSPS) is 17.4. The van der Waals surface area contributed by atoms with Crippen LogP contribution in [0.5, 0.6) is 0 Å². The minimum Gasteiger partial charge on any atom is -0.0622 e. The van der Waals surface area contributed by atoms with Crippen LogP contribution >= 0.6 is 30.5 Å². The van der Waals surface area contributed by atoms with Crippen molar-refractivity contribution in [1.29, 1.82) is 0 Å². The standard InChI is InChI=1S/C17H13IP.C5H5.B.Fe/c18-16-12-6-7-13-17(16)19(15-10-4-5-11-15)14-8-2-1-3-9-14;1-2-4-5-3-1;;/h1-13H;1-5H;;/q;;;+2/t19-;;;/m1.../s1. The van der Waals surface area contributed by atoms with Gasteiger partial charge in [-0.1, -0.05) is 48.5 Å². The molecule has 13 radical (unpaired) electrons. The average molecular weight is 507 g/mol. The maximum absolute atomic E-state index is 2.44. The molecule has 2 aliphatic carbocycles. The summed E-state index contributed by atoms with van der Waals surface area (Å²) in [6, 6.07) is 19.5. The number of benzene rings is 2. The van der Waals surface area contributed by atoms with Crippen molar-refractivity contribution < 1.29 is 17.1 Å². The Bertz CT molecular complexity index is 605. The molecule has 0 amide bonds. The Hall–Kier alpha value is 0.184. The molecule has 0 nitrogen and oxygen atoms in total. The van der Waals surface area contributed by atoms with Gasteiger partial charge in [0, 0.05) is 17.6 Å². The zero-order valence-corrected chi connectivity index (χ0v) is 18.3. The Morgan fingerprint density at radius 1 is 0.615 bits per heavy atom. The topological polar surface area (TPSA) is 0 Å². The molecule has 0 spiro atoms. The van der Waals surface area contributed by atoms with Crippen LogP contribution in [0.4, 0.5) is 0 Å². The van der Waals surface area contributed by atoms with Crippen molar-refractivity contribution in [2.45, 2.75) is 0 Å². The predicted octanol–water partition coefficient (Wildman–Crippen LogP) is 4.72. The molecule has 0 heterocycles. The third-order valence-corrected chi connectivity index (χ3v) is 7.43. The molecule has 0 bridgehead atoms. The maximum atomic E-state index is 2.44. The number of hydrogen-bond acceptors (Lipinski definition) is 0. The second kappa shape index (κ2) is 13.4. The molecule has 127 valence electrons. The van der Waals surface area contributed by atoms with Crippen LogP contribution in [0.3, 0.4) is 0 Å². The summed E-state index contributed by atoms with van der Waals surface area (Å²) in [5, 5.41) is 2.85. The molecule has 2 fully saturated rings. The van der Waals surface area contributed by atoms with Gasteiger partial charge >= 0.3 is 17.1 Å². The molecular weight excluding hydrogens is 489 g/mol. The number of halogens is 1.